The molecule has 1 amide bonds. The van der Waals surface area contributed by atoms with Gasteiger partial charge >= 0.3 is 0 Å². The molecule has 5 nitrogen and oxygen atoms in total. The first-order valence-electron chi connectivity index (χ1n) is 8.25. The maximum atomic E-state index is 13.2. The Labute approximate surface area is 145 Å². The van der Waals surface area contributed by atoms with Crippen LogP contribution < -0.4 is 10.1 Å². The molecule has 0 atom stereocenters. The first-order chi connectivity index (χ1) is 12.1. The zero-order valence-electron chi connectivity index (χ0n) is 14.0. The summed E-state index contributed by atoms with van der Waals surface area (Å²) in [4.78, 5) is 16.4. The third-order valence-electron chi connectivity index (χ3n) is 3.77. The van der Waals surface area contributed by atoms with Crippen molar-refractivity contribution in [1.82, 2.24) is 14.7 Å². The standard InChI is InChI=1S/C19H20FN3O2/c1-2-25-17-6-3-14(4-7-17)11-19(24)21-10-9-16-13-23-12-15(20)5-8-18(23)22-16/h3-8,12-13H,2,9-11H2,1H3,(H,21,24). The first-order valence-corrected chi connectivity index (χ1v) is 8.25. The second-order valence-corrected chi connectivity index (χ2v) is 5.70. The van der Waals surface area contributed by atoms with Gasteiger partial charge in [-0.05, 0) is 36.8 Å². The van der Waals surface area contributed by atoms with E-state index >= 15 is 0 Å². The van der Waals surface area contributed by atoms with Gasteiger partial charge in [0.2, 0.25) is 5.91 Å². The van der Waals surface area contributed by atoms with Crippen LogP contribution in [-0.4, -0.2) is 28.4 Å². The lowest BCUT2D eigenvalue weighted by Crippen LogP contribution is -2.27. The molecule has 2 aromatic heterocycles. The lowest BCUT2D eigenvalue weighted by Gasteiger charge is -2.06. The van der Waals surface area contributed by atoms with Crippen LogP contribution in [0.2, 0.25) is 0 Å². The molecule has 0 bridgehead atoms. The number of imidazole rings is 1. The van der Waals surface area contributed by atoms with Crippen LogP contribution in [0.1, 0.15) is 18.2 Å². The Bertz CT molecular complexity index is 859. The largest absolute Gasteiger partial charge is 0.494 e. The van der Waals surface area contributed by atoms with E-state index in [0.717, 1.165) is 17.0 Å². The van der Waals surface area contributed by atoms with E-state index in [2.05, 4.69) is 10.3 Å². The Kier molecular flexibility index (Phi) is 5.28. The van der Waals surface area contributed by atoms with E-state index in [9.17, 15) is 9.18 Å². The topological polar surface area (TPSA) is 55.6 Å². The minimum Gasteiger partial charge on any atom is -0.494 e. The Balaban J connectivity index is 1.48. The van der Waals surface area contributed by atoms with Crippen LogP contribution in [0.25, 0.3) is 5.65 Å². The van der Waals surface area contributed by atoms with Gasteiger partial charge in [-0.3, -0.25) is 4.79 Å². The second-order valence-electron chi connectivity index (χ2n) is 5.70. The number of carbonyl (C=O) groups is 1. The molecule has 0 radical (unpaired) electrons. The van der Waals surface area contributed by atoms with Gasteiger partial charge in [0, 0.05) is 25.4 Å². The van der Waals surface area contributed by atoms with Gasteiger partial charge in [-0.25, -0.2) is 9.37 Å². The van der Waals surface area contributed by atoms with Gasteiger partial charge in [0.15, 0.2) is 0 Å². The monoisotopic (exact) mass is 341 g/mol. The molecule has 3 aromatic rings. The highest BCUT2D eigenvalue weighted by atomic mass is 19.1. The lowest BCUT2D eigenvalue weighted by atomic mass is 10.1. The first kappa shape index (κ1) is 17.0. The number of carbonyl (C=O) groups excluding carboxylic acids is 1. The lowest BCUT2D eigenvalue weighted by molar-refractivity contribution is -0.120. The molecule has 0 aliphatic heterocycles. The maximum Gasteiger partial charge on any atom is 0.224 e. The molecule has 1 aromatic carbocycles. The molecule has 3 rings (SSSR count). The fourth-order valence-corrected chi connectivity index (χ4v) is 2.59. The predicted octanol–water partition coefficient (Wildman–Crippen LogP) is 2.77. The van der Waals surface area contributed by atoms with Crippen molar-refractivity contribution in [3.05, 3.63) is 65.9 Å². The van der Waals surface area contributed by atoms with Crippen LogP contribution in [0, 0.1) is 5.82 Å². The van der Waals surface area contributed by atoms with Gasteiger partial charge in [0.05, 0.1) is 18.7 Å². The summed E-state index contributed by atoms with van der Waals surface area (Å²) in [5.41, 5.74) is 2.44. The third kappa shape index (κ3) is 4.56. The SMILES string of the molecule is CCOc1ccc(CC(=O)NCCc2cn3cc(F)ccc3n2)cc1. The molecule has 0 saturated carbocycles. The van der Waals surface area contributed by atoms with E-state index in [4.69, 9.17) is 4.74 Å². The van der Waals surface area contributed by atoms with Crippen molar-refractivity contribution in [1.29, 1.82) is 0 Å². The number of amides is 1. The van der Waals surface area contributed by atoms with Gasteiger partial charge in [-0.2, -0.15) is 0 Å². The van der Waals surface area contributed by atoms with Crippen molar-refractivity contribution in [3.63, 3.8) is 0 Å². The van der Waals surface area contributed by atoms with Gasteiger partial charge < -0.3 is 14.5 Å². The van der Waals surface area contributed by atoms with Crippen LogP contribution in [0.15, 0.2) is 48.8 Å². The van der Waals surface area contributed by atoms with Crippen molar-refractivity contribution in [2.45, 2.75) is 19.8 Å². The highest BCUT2D eigenvalue weighted by Crippen LogP contribution is 2.12. The number of nitrogens with one attached hydrogen (secondary N) is 1. The number of pyridine rings is 1. The molecule has 0 spiro atoms. The van der Waals surface area contributed by atoms with Crippen molar-refractivity contribution < 1.29 is 13.9 Å². The summed E-state index contributed by atoms with van der Waals surface area (Å²) in [5.74, 6) is 0.453. The Morgan fingerprint density at radius 2 is 2.00 bits per heavy atom. The molecule has 6 heteroatoms. The quantitative estimate of drug-likeness (QED) is 0.719. The number of aromatic nitrogens is 2. The number of hydrogen-bond donors (Lipinski definition) is 1. The fourth-order valence-electron chi connectivity index (χ4n) is 2.59. The van der Waals surface area contributed by atoms with E-state index in [0.29, 0.717) is 31.6 Å². The molecular formula is C19H20FN3O2. The van der Waals surface area contributed by atoms with Gasteiger partial charge in [-0.15, -0.1) is 0 Å². The number of rotatable bonds is 7. The average Bonchev–Trinajstić information content (AvgIpc) is 2.98. The number of ether oxygens (including phenoxy) is 1. The Morgan fingerprint density at radius 3 is 2.76 bits per heavy atom. The number of halogens is 1. The van der Waals surface area contributed by atoms with Crippen molar-refractivity contribution in [2.75, 3.05) is 13.2 Å². The van der Waals surface area contributed by atoms with Crippen LogP contribution in [0.3, 0.4) is 0 Å². The van der Waals surface area contributed by atoms with E-state index in [-0.39, 0.29) is 11.7 Å². The number of fused-ring (bicyclic) bond motifs is 1. The summed E-state index contributed by atoms with van der Waals surface area (Å²) in [6, 6.07) is 10.5. The molecule has 25 heavy (non-hydrogen) atoms. The van der Waals surface area contributed by atoms with Gasteiger partial charge in [0.25, 0.3) is 0 Å². The minimum absolute atomic E-state index is 0.0426. The average molecular weight is 341 g/mol. The van der Waals surface area contributed by atoms with Crippen LogP contribution in [0.5, 0.6) is 5.75 Å². The van der Waals surface area contributed by atoms with Gasteiger partial charge in [-0.1, -0.05) is 12.1 Å². The highest BCUT2D eigenvalue weighted by molar-refractivity contribution is 5.78. The summed E-state index contributed by atoms with van der Waals surface area (Å²) < 4.78 is 20.2. The summed E-state index contributed by atoms with van der Waals surface area (Å²) in [6.07, 6.45) is 4.08. The van der Waals surface area contributed by atoms with Crippen molar-refractivity contribution in [3.8, 4) is 5.75 Å². The van der Waals surface area contributed by atoms with E-state index < -0.39 is 0 Å². The number of nitrogens with zero attached hydrogens (tertiary/aromatic N) is 2. The Hall–Kier alpha value is -2.89. The second kappa shape index (κ2) is 7.79. The summed E-state index contributed by atoms with van der Waals surface area (Å²) >= 11 is 0. The minimum atomic E-state index is -0.305. The molecular weight excluding hydrogens is 321 g/mol. The smallest absolute Gasteiger partial charge is 0.224 e. The molecule has 130 valence electrons. The highest BCUT2D eigenvalue weighted by Gasteiger charge is 2.06. The summed E-state index contributed by atoms with van der Waals surface area (Å²) in [5, 5.41) is 2.88. The Morgan fingerprint density at radius 1 is 1.20 bits per heavy atom. The van der Waals surface area contributed by atoms with Crippen LogP contribution in [0.4, 0.5) is 4.39 Å². The summed E-state index contributed by atoms with van der Waals surface area (Å²) in [6.45, 7) is 3.04. The molecule has 0 saturated heterocycles. The van der Waals surface area contributed by atoms with Crippen molar-refractivity contribution in [2.24, 2.45) is 0 Å². The maximum absolute atomic E-state index is 13.2. The van der Waals surface area contributed by atoms with E-state index in [1.165, 1.54) is 12.3 Å². The predicted molar refractivity (Wildman–Crippen MR) is 93.2 cm³/mol. The van der Waals surface area contributed by atoms with Crippen LogP contribution >= 0.6 is 0 Å². The van der Waals surface area contributed by atoms with Crippen LogP contribution in [-0.2, 0) is 17.6 Å². The molecule has 0 unspecified atom stereocenters. The molecule has 0 aliphatic rings. The fraction of sp³-hybridized carbons (Fsp3) is 0.263. The van der Waals surface area contributed by atoms with Gasteiger partial charge in [0.1, 0.15) is 17.2 Å². The van der Waals surface area contributed by atoms with E-state index in [1.54, 1.807) is 16.7 Å². The van der Waals surface area contributed by atoms with E-state index in [1.807, 2.05) is 31.2 Å². The molecule has 0 aliphatic carbocycles. The zero-order valence-corrected chi connectivity index (χ0v) is 14.0. The van der Waals surface area contributed by atoms with Crippen molar-refractivity contribution >= 4 is 11.6 Å². The number of benzene rings is 1. The normalized spacial score (nSPS) is 10.8. The third-order valence-corrected chi connectivity index (χ3v) is 3.77. The molecule has 0 fully saturated rings. The zero-order chi connectivity index (χ0) is 17.6. The molecule has 1 N–H and O–H groups in total. The molecule has 2 heterocycles. The summed E-state index contributed by atoms with van der Waals surface area (Å²) in [7, 11) is 0. The number of hydrogen-bond acceptors (Lipinski definition) is 3.